The van der Waals surface area contributed by atoms with E-state index >= 15 is 0 Å². The number of urea groups is 1. The minimum atomic E-state index is -0.352. The summed E-state index contributed by atoms with van der Waals surface area (Å²) >= 11 is 3.42. The Bertz CT molecular complexity index is 949. The van der Waals surface area contributed by atoms with Crippen LogP contribution in [-0.2, 0) is 6.54 Å². The molecule has 1 aromatic carbocycles. The predicted octanol–water partition coefficient (Wildman–Crippen LogP) is 4.46. The summed E-state index contributed by atoms with van der Waals surface area (Å²) in [5.74, 6) is 0.554. The number of furan rings is 1. The Morgan fingerprint density at radius 2 is 1.82 bits per heavy atom. The van der Waals surface area contributed by atoms with Crippen LogP contribution < -0.4 is 16.0 Å². The summed E-state index contributed by atoms with van der Waals surface area (Å²) in [5.41, 5.74) is 2.35. The van der Waals surface area contributed by atoms with Crippen molar-refractivity contribution < 1.29 is 14.0 Å². The van der Waals surface area contributed by atoms with E-state index in [0.717, 1.165) is 5.69 Å². The van der Waals surface area contributed by atoms with Crippen LogP contribution in [0, 0.1) is 0 Å². The van der Waals surface area contributed by atoms with Crippen LogP contribution in [0.5, 0.6) is 0 Å². The summed E-state index contributed by atoms with van der Waals surface area (Å²) in [6, 6.07) is 9.97. The molecule has 3 aromatic rings. The number of hydrogen-bond acceptors (Lipinski definition) is 4. The number of amides is 3. The fraction of sp³-hybridized carbons (Fsp3) is 0.211. The van der Waals surface area contributed by atoms with Gasteiger partial charge >= 0.3 is 6.03 Å². The maximum atomic E-state index is 12.4. The summed E-state index contributed by atoms with van der Waals surface area (Å²) in [6.07, 6.45) is 1.55. The van der Waals surface area contributed by atoms with Gasteiger partial charge in [0, 0.05) is 11.4 Å². The first-order valence-corrected chi connectivity index (χ1v) is 9.45. The molecule has 0 aliphatic carbocycles. The average Bonchev–Trinajstić information content (AvgIpc) is 3.31. The maximum Gasteiger partial charge on any atom is 0.319 e. The van der Waals surface area contributed by atoms with Gasteiger partial charge in [-0.15, -0.1) is 0 Å². The van der Waals surface area contributed by atoms with Crippen molar-refractivity contribution in [3.8, 4) is 0 Å². The number of rotatable bonds is 6. The molecule has 0 aliphatic heterocycles. The summed E-state index contributed by atoms with van der Waals surface area (Å²) < 4.78 is 5.81. The molecule has 0 saturated carbocycles. The zero-order valence-electron chi connectivity index (χ0n) is 15.4. The molecule has 0 spiro atoms. The van der Waals surface area contributed by atoms with E-state index in [1.165, 1.54) is 0 Å². The van der Waals surface area contributed by atoms with Gasteiger partial charge in [0.25, 0.3) is 5.91 Å². The molecule has 0 saturated heterocycles. The Morgan fingerprint density at radius 1 is 1.14 bits per heavy atom. The van der Waals surface area contributed by atoms with E-state index in [9.17, 15) is 9.59 Å². The minimum absolute atomic E-state index is 0.215. The second-order valence-corrected chi connectivity index (χ2v) is 7.17. The Hall–Kier alpha value is -3.07. The lowest BCUT2D eigenvalue weighted by atomic mass is 10.1. The molecule has 8 nitrogen and oxygen atoms in total. The third-order valence-corrected chi connectivity index (χ3v) is 4.73. The fourth-order valence-electron chi connectivity index (χ4n) is 2.46. The van der Waals surface area contributed by atoms with Crippen LogP contribution in [0.3, 0.4) is 0 Å². The highest BCUT2D eigenvalue weighted by atomic mass is 79.9. The zero-order valence-corrected chi connectivity index (χ0v) is 17.0. The fourth-order valence-corrected chi connectivity index (χ4v) is 3.27. The van der Waals surface area contributed by atoms with Crippen molar-refractivity contribution in [1.82, 2.24) is 15.5 Å². The average molecular weight is 446 g/mol. The second kappa shape index (κ2) is 8.75. The van der Waals surface area contributed by atoms with Gasteiger partial charge in [-0.25, -0.2) is 4.79 Å². The van der Waals surface area contributed by atoms with E-state index in [1.54, 1.807) is 42.7 Å². The molecule has 0 radical (unpaired) electrons. The lowest BCUT2D eigenvalue weighted by Crippen LogP contribution is -2.27. The number of hydrogen-bond donors (Lipinski definition) is 4. The number of aromatic nitrogens is 2. The van der Waals surface area contributed by atoms with Crippen LogP contribution in [-0.4, -0.2) is 22.1 Å². The molecule has 4 N–H and O–H groups in total. The van der Waals surface area contributed by atoms with Gasteiger partial charge in [0.15, 0.2) is 5.69 Å². The van der Waals surface area contributed by atoms with E-state index < -0.39 is 0 Å². The van der Waals surface area contributed by atoms with Crippen molar-refractivity contribution in [2.75, 3.05) is 10.6 Å². The number of carbonyl (C=O) groups excluding carboxylic acids is 2. The van der Waals surface area contributed by atoms with Crippen LogP contribution >= 0.6 is 15.9 Å². The van der Waals surface area contributed by atoms with Gasteiger partial charge in [-0.3, -0.25) is 9.89 Å². The molecular weight excluding hydrogens is 426 g/mol. The van der Waals surface area contributed by atoms with Crippen molar-refractivity contribution >= 4 is 39.2 Å². The van der Waals surface area contributed by atoms with Crippen molar-refractivity contribution in [2.24, 2.45) is 0 Å². The van der Waals surface area contributed by atoms with Gasteiger partial charge in [-0.2, -0.15) is 5.10 Å². The SMILES string of the molecule is CC(C)c1[nH]nc(C(=O)Nc2ccc(NC(=O)NCc3ccco3)cc2)c1Br. The smallest absolute Gasteiger partial charge is 0.319 e. The lowest BCUT2D eigenvalue weighted by molar-refractivity contribution is 0.102. The number of benzene rings is 1. The molecular formula is C19H20BrN5O3. The molecule has 146 valence electrons. The van der Waals surface area contributed by atoms with Crippen LogP contribution in [0.4, 0.5) is 16.2 Å². The number of H-pyrrole nitrogens is 1. The molecule has 0 bridgehead atoms. The van der Waals surface area contributed by atoms with Gasteiger partial charge in [0.2, 0.25) is 0 Å². The first kappa shape index (κ1) is 19.7. The molecule has 3 rings (SSSR count). The molecule has 0 unspecified atom stereocenters. The predicted molar refractivity (Wildman–Crippen MR) is 109 cm³/mol. The van der Waals surface area contributed by atoms with Crippen molar-refractivity contribution in [3.63, 3.8) is 0 Å². The zero-order chi connectivity index (χ0) is 20.1. The third-order valence-electron chi connectivity index (χ3n) is 3.93. The quantitative estimate of drug-likeness (QED) is 0.448. The minimum Gasteiger partial charge on any atom is -0.467 e. The third kappa shape index (κ3) is 4.80. The normalized spacial score (nSPS) is 10.7. The van der Waals surface area contributed by atoms with Crippen LogP contribution in [0.2, 0.25) is 0 Å². The topological polar surface area (TPSA) is 112 Å². The van der Waals surface area contributed by atoms with E-state index in [0.29, 0.717) is 33.8 Å². The van der Waals surface area contributed by atoms with Crippen LogP contribution in [0.25, 0.3) is 0 Å². The van der Waals surface area contributed by atoms with E-state index in [2.05, 4.69) is 42.1 Å². The Labute approximate surface area is 170 Å². The Kier molecular flexibility index (Phi) is 6.15. The number of halogens is 1. The van der Waals surface area contributed by atoms with Gasteiger partial charge in [0.1, 0.15) is 5.76 Å². The van der Waals surface area contributed by atoms with E-state index in [4.69, 9.17) is 4.42 Å². The summed E-state index contributed by atoms with van der Waals surface area (Å²) in [4.78, 5) is 24.3. The number of aromatic amines is 1. The molecule has 0 atom stereocenters. The van der Waals surface area contributed by atoms with Crippen molar-refractivity contribution in [1.29, 1.82) is 0 Å². The second-order valence-electron chi connectivity index (χ2n) is 6.37. The number of nitrogens with zero attached hydrogens (tertiary/aromatic N) is 1. The van der Waals surface area contributed by atoms with Crippen molar-refractivity contribution in [3.05, 3.63) is 64.3 Å². The highest BCUT2D eigenvalue weighted by Gasteiger charge is 2.19. The highest BCUT2D eigenvalue weighted by molar-refractivity contribution is 9.10. The summed E-state index contributed by atoms with van der Waals surface area (Å²) in [5, 5.41) is 15.1. The van der Waals surface area contributed by atoms with E-state index in [-0.39, 0.29) is 17.9 Å². The number of carbonyl (C=O) groups is 2. The van der Waals surface area contributed by atoms with Crippen LogP contribution in [0.1, 0.15) is 41.7 Å². The monoisotopic (exact) mass is 445 g/mol. The van der Waals surface area contributed by atoms with Crippen LogP contribution in [0.15, 0.2) is 51.6 Å². The first-order chi connectivity index (χ1) is 13.4. The highest BCUT2D eigenvalue weighted by Crippen LogP contribution is 2.26. The van der Waals surface area contributed by atoms with Gasteiger partial charge in [-0.1, -0.05) is 13.8 Å². The van der Waals surface area contributed by atoms with Gasteiger partial charge < -0.3 is 20.4 Å². The molecule has 28 heavy (non-hydrogen) atoms. The number of nitrogens with one attached hydrogen (secondary N) is 4. The standard InChI is InChI=1S/C19H20BrN5O3/c1-11(2)16-15(20)17(25-24-16)18(26)22-12-5-7-13(8-6-12)23-19(27)21-10-14-4-3-9-28-14/h3-9,11H,10H2,1-2H3,(H,22,26)(H,24,25)(H2,21,23,27). The first-order valence-electron chi connectivity index (χ1n) is 8.66. The molecule has 3 amide bonds. The van der Waals surface area contributed by atoms with Gasteiger partial charge in [-0.05, 0) is 58.2 Å². The molecule has 0 fully saturated rings. The van der Waals surface area contributed by atoms with Crippen molar-refractivity contribution in [2.45, 2.75) is 26.3 Å². The summed E-state index contributed by atoms with van der Waals surface area (Å²) in [7, 11) is 0. The molecule has 2 aromatic heterocycles. The van der Waals surface area contributed by atoms with E-state index in [1.807, 2.05) is 13.8 Å². The number of anilines is 2. The molecule has 9 heteroatoms. The molecule has 0 aliphatic rings. The summed E-state index contributed by atoms with van der Waals surface area (Å²) in [6.45, 7) is 4.32. The largest absolute Gasteiger partial charge is 0.467 e. The van der Waals surface area contributed by atoms with Gasteiger partial charge in [0.05, 0.1) is 23.0 Å². The Balaban J connectivity index is 1.55. The lowest BCUT2D eigenvalue weighted by Gasteiger charge is -2.08. The molecule has 2 heterocycles. The maximum absolute atomic E-state index is 12.4. The Morgan fingerprint density at radius 3 is 2.39 bits per heavy atom.